The smallest absolute Gasteiger partial charge is 0.131 e. The Morgan fingerprint density at radius 2 is 2.29 bits per heavy atom. The van der Waals surface area contributed by atoms with Crippen LogP contribution >= 0.6 is 0 Å². The van der Waals surface area contributed by atoms with Crippen molar-refractivity contribution >= 4 is 5.82 Å². The number of ether oxygens (including phenoxy) is 1. The summed E-state index contributed by atoms with van der Waals surface area (Å²) in [5, 5.41) is 7.93. The summed E-state index contributed by atoms with van der Waals surface area (Å²) >= 11 is 0. The summed E-state index contributed by atoms with van der Waals surface area (Å²) in [6.45, 7) is 5.16. The first-order valence-corrected chi connectivity index (χ1v) is 7.07. The average molecular weight is 292 g/mol. The van der Waals surface area contributed by atoms with Crippen molar-refractivity contribution in [2.75, 3.05) is 32.2 Å². The van der Waals surface area contributed by atoms with Crippen LogP contribution in [-0.4, -0.2) is 37.1 Å². The van der Waals surface area contributed by atoms with Gasteiger partial charge >= 0.3 is 0 Å². The molecule has 0 spiro atoms. The van der Waals surface area contributed by atoms with E-state index in [4.69, 9.17) is 9.15 Å². The lowest BCUT2D eigenvalue weighted by Gasteiger charge is -2.20. The number of methoxy groups -OCH3 is 1. The molecule has 2 heterocycles. The molecule has 0 radical (unpaired) electrons. The largest absolute Gasteiger partial charge is 0.472 e. The molecule has 0 unspecified atom stereocenters. The summed E-state index contributed by atoms with van der Waals surface area (Å²) in [4.78, 5) is 2.19. The summed E-state index contributed by atoms with van der Waals surface area (Å²) in [6, 6.07) is 1.98. The zero-order chi connectivity index (χ0) is 15.2. The highest BCUT2D eigenvalue weighted by Crippen LogP contribution is 2.23. The van der Waals surface area contributed by atoms with Crippen LogP contribution in [0.25, 0.3) is 0 Å². The Balaban J connectivity index is 2.09. The summed E-state index contributed by atoms with van der Waals surface area (Å²) in [6.07, 6.45) is 3.47. The fourth-order valence-corrected chi connectivity index (χ4v) is 2.49. The van der Waals surface area contributed by atoms with E-state index in [2.05, 4.69) is 22.4 Å². The third kappa shape index (κ3) is 3.86. The van der Waals surface area contributed by atoms with Gasteiger partial charge in [0, 0.05) is 52.0 Å². The molecular weight excluding hydrogens is 268 g/mol. The molecule has 21 heavy (non-hydrogen) atoms. The van der Waals surface area contributed by atoms with Gasteiger partial charge in [0.2, 0.25) is 0 Å². The number of nitrogens with one attached hydrogen (secondary N) is 1. The molecule has 1 N–H and O–H groups in total. The van der Waals surface area contributed by atoms with E-state index in [-0.39, 0.29) is 0 Å². The minimum atomic E-state index is 0.708. The Labute approximate surface area is 125 Å². The minimum absolute atomic E-state index is 0.708. The Bertz CT molecular complexity index is 548. The van der Waals surface area contributed by atoms with E-state index in [1.807, 2.05) is 24.7 Å². The van der Waals surface area contributed by atoms with Crippen molar-refractivity contribution in [1.29, 1.82) is 0 Å². The highest BCUT2D eigenvalue weighted by molar-refractivity contribution is 5.49. The van der Waals surface area contributed by atoms with E-state index >= 15 is 0 Å². The third-order valence-corrected chi connectivity index (χ3v) is 3.46. The van der Waals surface area contributed by atoms with Gasteiger partial charge in [-0.05, 0) is 13.0 Å². The van der Waals surface area contributed by atoms with Crippen molar-refractivity contribution in [3.05, 3.63) is 35.4 Å². The molecule has 0 fully saturated rings. The molecule has 0 saturated carbocycles. The zero-order valence-corrected chi connectivity index (χ0v) is 13.2. The van der Waals surface area contributed by atoms with Gasteiger partial charge in [-0.1, -0.05) is 0 Å². The van der Waals surface area contributed by atoms with Crippen LogP contribution in [0, 0.1) is 6.92 Å². The van der Waals surface area contributed by atoms with Crippen LogP contribution in [0.2, 0.25) is 0 Å². The van der Waals surface area contributed by atoms with Crippen LogP contribution < -0.4 is 10.2 Å². The number of rotatable bonds is 8. The lowest BCUT2D eigenvalue weighted by molar-refractivity contribution is 0.199. The zero-order valence-electron chi connectivity index (χ0n) is 13.2. The second-order valence-corrected chi connectivity index (χ2v) is 5.17. The Kier molecular flexibility index (Phi) is 5.41. The molecule has 0 aromatic carbocycles. The Hall–Kier alpha value is -1.79. The van der Waals surface area contributed by atoms with Gasteiger partial charge in [0.25, 0.3) is 0 Å². The normalized spacial score (nSPS) is 11.0. The molecule has 0 saturated heterocycles. The Morgan fingerprint density at radius 1 is 1.48 bits per heavy atom. The average Bonchev–Trinajstić information content (AvgIpc) is 3.03. The van der Waals surface area contributed by atoms with Gasteiger partial charge in [0.15, 0.2) is 0 Å². The molecule has 0 aliphatic heterocycles. The fourth-order valence-electron chi connectivity index (χ4n) is 2.49. The highest BCUT2D eigenvalue weighted by Gasteiger charge is 2.17. The SMILES string of the molecule is COCCNCc1c(C)nn(C)c1N(C)Cc1ccoc1. The first-order valence-electron chi connectivity index (χ1n) is 7.07. The fraction of sp³-hybridized carbons (Fsp3) is 0.533. The number of aryl methyl sites for hydroxylation is 2. The molecule has 0 atom stereocenters. The van der Waals surface area contributed by atoms with Gasteiger partial charge in [0.1, 0.15) is 5.82 Å². The molecule has 0 amide bonds. The van der Waals surface area contributed by atoms with E-state index in [1.165, 1.54) is 5.56 Å². The van der Waals surface area contributed by atoms with Crippen molar-refractivity contribution in [3.63, 3.8) is 0 Å². The van der Waals surface area contributed by atoms with Crippen LogP contribution in [0.15, 0.2) is 23.0 Å². The third-order valence-electron chi connectivity index (χ3n) is 3.46. The number of hydrogen-bond acceptors (Lipinski definition) is 5. The first-order chi connectivity index (χ1) is 10.1. The topological polar surface area (TPSA) is 55.5 Å². The number of furan rings is 1. The van der Waals surface area contributed by atoms with Gasteiger partial charge in [0.05, 0.1) is 24.8 Å². The molecule has 0 aliphatic carbocycles. The second kappa shape index (κ2) is 7.28. The number of nitrogens with zero attached hydrogens (tertiary/aromatic N) is 3. The van der Waals surface area contributed by atoms with Gasteiger partial charge in [-0.2, -0.15) is 5.10 Å². The quantitative estimate of drug-likeness (QED) is 0.750. The monoisotopic (exact) mass is 292 g/mol. The highest BCUT2D eigenvalue weighted by atomic mass is 16.5. The van der Waals surface area contributed by atoms with Gasteiger partial charge < -0.3 is 19.4 Å². The van der Waals surface area contributed by atoms with Crippen LogP contribution in [0.3, 0.4) is 0 Å². The van der Waals surface area contributed by atoms with Crippen LogP contribution in [-0.2, 0) is 24.9 Å². The molecule has 0 aliphatic rings. The van der Waals surface area contributed by atoms with E-state index in [0.29, 0.717) is 6.61 Å². The standard InChI is InChI=1S/C15H24N4O2/c1-12-14(9-16-6-8-20-4)15(19(3)17-12)18(2)10-13-5-7-21-11-13/h5,7,11,16H,6,8-10H2,1-4H3. The predicted octanol–water partition coefficient (Wildman–Crippen LogP) is 1.69. The maximum absolute atomic E-state index is 5.13. The second-order valence-electron chi connectivity index (χ2n) is 5.17. The van der Waals surface area contributed by atoms with Crippen LogP contribution in [0.1, 0.15) is 16.8 Å². The van der Waals surface area contributed by atoms with Crippen LogP contribution in [0.5, 0.6) is 0 Å². The van der Waals surface area contributed by atoms with E-state index in [1.54, 1.807) is 19.6 Å². The molecule has 2 rings (SSSR count). The van der Waals surface area contributed by atoms with Gasteiger partial charge in [-0.25, -0.2) is 0 Å². The molecule has 116 valence electrons. The lowest BCUT2D eigenvalue weighted by atomic mass is 10.2. The summed E-state index contributed by atoms with van der Waals surface area (Å²) < 4.78 is 12.1. The van der Waals surface area contributed by atoms with Crippen molar-refractivity contribution in [2.45, 2.75) is 20.0 Å². The predicted molar refractivity (Wildman–Crippen MR) is 82.3 cm³/mol. The number of aromatic nitrogens is 2. The first kappa shape index (κ1) is 15.6. The molecule has 2 aromatic heterocycles. The summed E-state index contributed by atoms with van der Waals surface area (Å²) in [5.74, 6) is 1.12. The van der Waals surface area contributed by atoms with Gasteiger partial charge in [-0.3, -0.25) is 4.68 Å². The molecule has 6 nitrogen and oxygen atoms in total. The van der Waals surface area contributed by atoms with Crippen LogP contribution in [0.4, 0.5) is 5.82 Å². The number of anilines is 1. The van der Waals surface area contributed by atoms with Crippen molar-refractivity contribution in [2.24, 2.45) is 7.05 Å². The Morgan fingerprint density at radius 3 is 2.95 bits per heavy atom. The van der Waals surface area contributed by atoms with Crippen molar-refractivity contribution in [1.82, 2.24) is 15.1 Å². The van der Waals surface area contributed by atoms with Gasteiger partial charge in [-0.15, -0.1) is 0 Å². The summed E-state index contributed by atoms with van der Waals surface area (Å²) in [5.41, 5.74) is 3.42. The molecule has 6 heteroatoms. The lowest BCUT2D eigenvalue weighted by Crippen LogP contribution is -2.23. The van der Waals surface area contributed by atoms with E-state index in [9.17, 15) is 0 Å². The summed E-state index contributed by atoms with van der Waals surface area (Å²) in [7, 11) is 5.76. The maximum Gasteiger partial charge on any atom is 0.131 e. The minimum Gasteiger partial charge on any atom is -0.472 e. The molecular formula is C15H24N4O2. The molecule has 0 bridgehead atoms. The molecule has 2 aromatic rings. The van der Waals surface area contributed by atoms with Crippen molar-refractivity contribution < 1.29 is 9.15 Å². The maximum atomic E-state index is 5.13. The van der Waals surface area contributed by atoms with E-state index in [0.717, 1.165) is 36.7 Å². The number of hydrogen-bond donors (Lipinski definition) is 1. The van der Waals surface area contributed by atoms with Crippen molar-refractivity contribution in [3.8, 4) is 0 Å². The van der Waals surface area contributed by atoms with E-state index < -0.39 is 0 Å².